The highest BCUT2D eigenvalue weighted by atomic mass is 16.1. The number of fused-ring (bicyclic) bond motifs is 1. The van der Waals surface area contributed by atoms with Crippen molar-refractivity contribution in [2.24, 2.45) is 0 Å². The van der Waals surface area contributed by atoms with Crippen molar-refractivity contribution in [1.82, 2.24) is 20.4 Å². The predicted octanol–water partition coefficient (Wildman–Crippen LogP) is 2.17. The zero-order chi connectivity index (χ0) is 14.7. The smallest absolute Gasteiger partial charge is 0.252 e. The molecule has 1 fully saturated rings. The Morgan fingerprint density at radius 3 is 3.24 bits per heavy atom. The molecule has 112 valence electrons. The summed E-state index contributed by atoms with van der Waals surface area (Å²) >= 11 is 0. The minimum atomic E-state index is -0.0216. The molecule has 0 saturated carbocycles. The lowest BCUT2D eigenvalue weighted by Crippen LogP contribution is -2.42. The highest BCUT2D eigenvalue weighted by molar-refractivity contribution is 6.05. The maximum absolute atomic E-state index is 12.3. The molecule has 1 aromatic carbocycles. The molecule has 2 N–H and O–H groups in total. The van der Waals surface area contributed by atoms with Crippen LogP contribution in [0.1, 0.15) is 36.5 Å². The number of aromatic nitrogens is 2. The maximum atomic E-state index is 12.3. The molecule has 0 bridgehead atoms. The molecule has 0 unspecified atom stereocenters. The molecular weight excluding hydrogens is 264 g/mol. The molecule has 5 heteroatoms. The van der Waals surface area contributed by atoms with Crippen molar-refractivity contribution in [3.05, 3.63) is 30.0 Å². The number of benzene rings is 1. The summed E-state index contributed by atoms with van der Waals surface area (Å²) in [4.78, 5) is 14.8. The minimum Gasteiger partial charge on any atom is -0.351 e. The monoisotopic (exact) mass is 286 g/mol. The summed E-state index contributed by atoms with van der Waals surface area (Å²) in [6.45, 7) is 5.03. The lowest BCUT2D eigenvalue weighted by Gasteiger charge is -2.33. The van der Waals surface area contributed by atoms with Crippen LogP contribution in [0.25, 0.3) is 10.9 Å². The van der Waals surface area contributed by atoms with E-state index in [0.29, 0.717) is 18.2 Å². The Morgan fingerprint density at radius 1 is 1.48 bits per heavy atom. The van der Waals surface area contributed by atoms with Crippen LogP contribution >= 0.6 is 0 Å². The third-order valence-corrected chi connectivity index (χ3v) is 4.35. The molecule has 21 heavy (non-hydrogen) atoms. The minimum absolute atomic E-state index is 0.0216. The van der Waals surface area contributed by atoms with Gasteiger partial charge in [-0.1, -0.05) is 12.5 Å². The number of hydrogen-bond acceptors (Lipinski definition) is 3. The molecule has 2 heterocycles. The number of H-pyrrole nitrogens is 1. The Morgan fingerprint density at radius 2 is 2.38 bits per heavy atom. The first kappa shape index (κ1) is 14.1. The Hall–Kier alpha value is -1.88. The lowest BCUT2D eigenvalue weighted by atomic mass is 10.0. The van der Waals surface area contributed by atoms with Gasteiger partial charge < -0.3 is 5.32 Å². The Kier molecular flexibility index (Phi) is 4.20. The molecule has 1 aliphatic rings. The number of hydrogen-bond donors (Lipinski definition) is 2. The van der Waals surface area contributed by atoms with E-state index in [-0.39, 0.29) is 5.91 Å². The van der Waals surface area contributed by atoms with E-state index in [9.17, 15) is 4.79 Å². The standard InChI is InChI=1S/C16H22N4O/c1-12-5-2-3-9-20(12)10-8-17-16(21)13-6-4-7-15-14(13)11-18-19-15/h4,6-7,11-12H,2-3,5,8-10H2,1H3,(H,17,21)(H,18,19)/t12-/m1/s1. The summed E-state index contributed by atoms with van der Waals surface area (Å²) in [5.74, 6) is -0.0216. The van der Waals surface area contributed by atoms with Gasteiger partial charge in [-0.25, -0.2) is 0 Å². The van der Waals surface area contributed by atoms with Gasteiger partial charge in [0.1, 0.15) is 0 Å². The van der Waals surface area contributed by atoms with Gasteiger partial charge in [-0.05, 0) is 38.4 Å². The molecule has 1 saturated heterocycles. The Balaban J connectivity index is 1.58. The van der Waals surface area contributed by atoms with E-state index in [2.05, 4.69) is 27.3 Å². The number of carbonyl (C=O) groups excluding carboxylic acids is 1. The first-order valence-corrected chi connectivity index (χ1v) is 7.70. The molecule has 1 amide bonds. The van der Waals surface area contributed by atoms with Gasteiger partial charge in [0.25, 0.3) is 5.91 Å². The van der Waals surface area contributed by atoms with Crippen molar-refractivity contribution in [2.75, 3.05) is 19.6 Å². The van der Waals surface area contributed by atoms with E-state index in [1.807, 2.05) is 18.2 Å². The van der Waals surface area contributed by atoms with Gasteiger partial charge in [0, 0.05) is 24.5 Å². The van der Waals surface area contributed by atoms with Gasteiger partial charge in [-0.3, -0.25) is 14.8 Å². The van der Waals surface area contributed by atoms with Crippen LogP contribution in [0.3, 0.4) is 0 Å². The van der Waals surface area contributed by atoms with E-state index in [1.54, 1.807) is 6.20 Å². The van der Waals surface area contributed by atoms with Crippen molar-refractivity contribution in [3.8, 4) is 0 Å². The highest BCUT2D eigenvalue weighted by Crippen LogP contribution is 2.17. The molecule has 1 atom stereocenters. The number of aromatic amines is 1. The Bertz CT molecular complexity index is 622. The zero-order valence-corrected chi connectivity index (χ0v) is 12.4. The second-order valence-electron chi connectivity index (χ2n) is 5.77. The fraction of sp³-hybridized carbons (Fsp3) is 0.500. The number of nitrogens with zero attached hydrogens (tertiary/aromatic N) is 2. The average Bonchev–Trinajstić information content (AvgIpc) is 2.97. The van der Waals surface area contributed by atoms with Crippen LogP contribution in [0.15, 0.2) is 24.4 Å². The molecule has 1 aliphatic heterocycles. The SMILES string of the molecule is C[C@@H]1CCCCN1CCNC(=O)c1cccc2[nH]ncc12. The molecule has 5 nitrogen and oxygen atoms in total. The number of piperidine rings is 1. The molecule has 0 radical (unpaired) electrons. The number of rotatable bonds is 4. The summed E-state index contributed by atoms with van der Waals surface area (Å²) in [5, 5.41) is 10.8. The van der Waals surface area contributed by atoms with Crippen molar-refractivity contribution in [2.45, 2.75) is 32.2 Å². The van der Waals surface area contributed by atoms with E-state index in [4.69, 9.17) is 0 Å². The van der Waals surface area contributed by atoms with Gasteiger partial charge in [0.05, 0.1) is 17.3 Å². The third-order valence-electron chi connectivity index (χ3n) is 4.35. The van der Waals surface area contributed by atoms with Crippen LogP contribution in [0.5, 0.6) is 0 Å². The van der Waals surface area contributed by atoms with E-state index >= 15 is 0 Å². The summed E-state index contributed by atoms with van der Waals surface area (Å²) in [5.41, 5.74) is 1.58. The largest absolute Gasteiger partial charge is 0.351 e. The molecule has 3 rings (SSSR count). The van der Waals surface area contributed by atoms with Crippen LogP contribution in [-0.4, -0.2) is 46.7 Å². The summed E-state index contributed by atoms with van der Waals surface area (Å²) in [7, 11) is 0. The summed E-state index contributed by atoms with van der Waals surface area (Å²) in [6, 6.07) is 6.28. The summed E-state index contributed by atoms with van der Waals surface area (Å²) < 4.78 is 0. The van der Waals surface area contributed by atoms with Crippen LogP contribution in [0.4, 0.5) is 0 Å². The van der Waals surface area contributed by atoms with Crippen LogP contribution in [0, 0.1) is 0 Å². The van der Waals surface area contributed by atoms with E-state index < -0.39 is 0 Å². The average molecular weight is 286 g/mol. The van der Waals surface area contributed by atoms with Gasteiger partial charge in [0.15, 0.2) is 0 Å². The fourth-order valence-electron chi connectivity index (χ4n) is 3.06. The second kappa shape index (κ2) is 6.26. The van der Waals surface area contributed by atoms with Crippen LogP contribution in [-0.2, 0) is 0 Å². The van der Waals surface area contributed by atoms with Crippen molar-refractivity contribution in [1.29, 1.82) is 0 Å². The summed E-state index contributed by atoms with van der Waals surface area (Å²) in [6.07, 6.45) is 5.57. The van der Waals surface area contributed by atoms with Gasteiger partial charge in [-0.2, -0.15) is 5.10 Å². The molecule has 0 aliphatic carbocycles. The number of carbonyl (C=O) groups is 1. The molecule has 2 aromatic rings. The third kappa shape index (κ3) is 3.08. The van der Waals surface area contributed by atoms with Crippen LogP contribution in [0.2, 0.25) is 0 Å². The number of likely N-dealkylation sites (tertiary alicyclic amines) is 1. The van der Waals surface area contributed by atoms with E-state index in [1.165, 1.54) is 19.3 Å². The van der Waals surface area contributed by atoms with Gasteiger partial charge >= 0.3 is 0 Å². The fourth-order valence-corrected chi connectivity index (χ4v) is 3.06. The van der Waals surface area contributed by atoms with Crippen molar-refractivity contribution >= 4 is 16.8 Å². The molecule has 0 spiro atoms. The van der Waals surface area contributed by atoms with Crippen LogP contribution < -0.4 is 5.32 Å². The highest BCUT2D eigenvalue weighted by Gasteiger charge is 2.18. The lowest BCUT2D eigenvalue weighted by molar-refractivity contribution is 0.0940. The van der Waals surface area contributed by atoms with Crippen molar-refractivity contribution in [3.63, 3.8) is 0 Å². The zero-order valence-electron chi connectivity index (χ0n) is 12.4. The first-order chi connectivity index (χ1) is 10.3. The molecule has 1 aromatic heterocycles. The number of amides is 1. The maximum Gasteiger partial charge on any atom is 0.252 e. The Labute approximate surface area is 124 Å². The van der Waals surface area contributed by atoms with Gasteiger partial charge in [0.2, 0.25) is 0 Å². The van der Waals surface area contributed by atoms with Gasteiger partial charge in [-0.15, -0.1) is 0 Å². The normalized spacial score (nSPS) is 19.8. The second-order valence-corrected chi connectivity index (χ2v) is 5.77. The van der Waals surface area contributed by atoms with Crippen molar-refractivity contribution < 1.29 is 4.79 Å². The van der Waals surface area contributed by atoms with E-state index in [0.717, 1.165) is 24.0 Å². The first-order valence-electron chi connectivity index (χ1n) is 7.70. The molecular formula is C16H22N4O. The quantitative estimate of drug-likeness (QED) is 0.905. The number of nitrogens with one attached hydrogen (secondary N) is 2. The predicted molar refractivity (Wildman–Crippen MR) is 83.3 cm³/mol. The topological polar surface area (TPSA) is 61.0 Å².